The smallest absolute Gasteiger partial charge is 0.251 e. The minimum absolute atomic E-state index is 0.0504. The Morgan fingerprint density at radius 1 is 1.29 bits per heavy atom. The molecule has 4 rings (SSSR count). The lowest BCUT2D eigenvalue weighted by molar-refractivity contribution is -0.130. The minimum atomic E-state index is -0.398. The molecule has 0 radical (unpaired) electrons. The van der Waals surface area contributed by atoms with Crippen molar-refractivity contribution in [2.45, 2.75) is 51.2 Å². The van der Waals surface area contributed by atoms with E-state index in [-0.39, 0.29) is 30.4 Å². The third-order valence-electron chi connectivity index (χ3n) is 6.12. The number of halogens is 1. The molecule has 2 atom stereocenters. The maximum absolute atomic E-state index is 12.8. The summed E-state index contributed by atoms with van der Waals surface area (Å²) in [6.07, 6.45) is 2.53. The molecule has 2 unspecified atom stereocenters. The van der Waals surface area contributed by atoms with E-state index < -0.39 is 5.54 Å². The highest BCUT2D eigenvalue weighted by molar-refractivity contribution is 6.31. The van der Waals surface area contributed by atoms with Crippen molar-refractivity contribution in [2.75, 3.05) is 0 Å². The lowest BCUT2D eigenvalue weighted by Gasteiger charge is -2.35. The molecule has 1 aliphatic carbocycles. The number of hydrogen-bond acceptors (Lipinski definition) is 4. The molecule has 1 fully saturated rings. The van der Waals surface area contributed by atoms with Gasteiger partial charge in [-0.15, -0.1) is 0 Å². The van der Waals surface area contributed by atoms with Crippen LogP contribution in [0.5, 0.6) is 0 Å². The highest BCUT2D eigenvalue weighted by atomic mass is 35.5. The molecule has 0 spiro atoms. The number of nitrogens with zero attached hydrogens (tertiary/aromatic N) is 2. The fraction of sp³-hybridized carbons (Fsp3) is 0.375. The molecule has 7 heteroatoms. The topological polar surface area (TPSA) is 87.8 Å². The number of hydrogen-bond donors (Lipinski definition) is 2. The van der Waals surface area contributed by atoms with E-state index in [1.54, 1.807) is 18.2 Å². The Kier molecular flexibility index (Phi) is 5.75. The number of nitrogens with two attached hydrogens (primary N) is 1. The number of guanidine groups is 1. The summed E-state index contributed by atoms with van der Waals surface area (Å²) in [6, 6.07) is 14.7. The van der Waals surface area contributed by atoms with E-state index in [9.17, 15) is 9.59 Å². The lowest BCUT2D eigenvalue weighted by atomic mass is 9.90. The maximum Gasteiger partial charge on any atom is 0.251 e. The van der Waals surface area contributed by atoms with Crippen LogP contribution in [0.15, 0.2) is 53.5 Å². The van der Waals surface area contributed by atoms with Gasteiger partial charge in [-0.25, -0.2) is 4.99 Å². The van der Waals surface area contributed by atoms with Crippen LogP contribution in [0.3, 0.4) is 0 Å². The largest absolute Gasteiger partial charge is 0.369 e. The fourth-order valence-corrected chi connectivity index (χ4v) is 4.42. The molecule has 1 aliphatic heterocycles. The monoisotopic (exact) mass is 438 g/mol. The van der Waals surface area contributed by atoms with Gasteiger partial charge in [-0.05, 0) is 61.9 Å². The Hall–Kier alpha value is -2.86. The van der Waals surface area contributed by atoms with E-state index >= 15 is 0 Å². The summed E-state index contributed by atoms with van der Waals surface area (Å²) >= 11 is 6.29. The molecular formula is C24H27ClN4O2. The van der Waals surface area contributed by atoms with Gasteiger partial charge in [0.25, 0.3) is 5.91 Å². The zero-order valence-electron chi connectivity index (χ0n) is 17.8. The number of benzene rings is 2. The third kappa shape index (κ3) is 4.74. The van der Waals surface area contributed by atoms with Crippen molar-refractivity contribution >= 4 is 29.4 Å². The van der Waals surface area contributed by atoms with Crippen LogP contribution in [0.4, 0.5) is 0 Å². The molecule has 0 saturated heterocycles. The first-order chi connectivity index (χ1) is 14.7. The van der Waals surface area contributed by atoms with Crippen molar-refractivity contribution in [1.29, 1.82) is 0 Å². The molecular weight excluding hydrogens is 412 g/mol. The van der Waals surface area contributed by atoms with E-state index in [1.165, 1.54) is 4.90 Å². The van der Waals surface area contributed by atoms with Crippen LogP contribution in [0.25, 0.3) is 0 Å². The Bertz CT molecular complexity index is 1040. The van der Waals surface area contributed by atoms with Gasteiger partial charge in [-0.2, -0.15) is 0 Å². The van der Waals surface area contributed by atoms with Crippen molar-refractivity contribution in [1.82, 2.24) is 10.2 Å². The molecule has 3 N–H and O–H groups in total. The average Bonchev–Trinajstić information content (AvgIpc) is 3.57. The Balaban J connectivity index is 1.50. The summed E-state index contributed by atoms with van der Waals surface area (Å²) in [5.74, 6) is 0.387. The van der Waals surface area contributed by atoms with Crippen LogP contribution in [0.1, 0.15) is 60.6 Å². The zero-order chi connectivity index (χ0) is 22.2. The number of aliphatic imine (C=N–C) groups is 1. The predicted molar refractivity (Wildman–Crippen MR) is 122 cm³/mol. The Morgan fingerprint density at radius 2 is 2.00 bits per heavy atom. The Morgan fingerprint density at radius 3 is 2.65 bits per heavy atom. The van der Waals surface area contributed by atoms with E-state index in [0.717, 1.165) is 24.0 Å². The minimum Gasteiger partial charge on any atom is -0.369 e. The molecule has 162 valence electrons. The lowest BCUT2D eigenvalue weighted by Crippen LogP contribution is -2.50. The van der Waals surface area contributed by atoms with Crippen molar-refractivity contribution in [2.24, 2.45) is 16.6 Å². The normalized spacial score (nSPS) is 22.1. The van der Waals surface area contributed by atoms with E-state index in [0.29, 0.717) is 22.9 Å². The number of rotatable bonds is 6. The predicted octanol–water partition coefficient (Wildman–Crippen LogP) is 4.05. The van der Waals surface area contributed by atoms with Gasteiger partial charge in [-0.1, -0.05) is 41.9 Å². The first-order valence-corrected chi connectivity index (χ1v) is 10.9. The second-order valence-electron chi connectivity index (χ2n) is 8.71. The number of amides is 2. The molecule has 0 aromatic heterocycles. The van der Waals surface area contributed by atoms with Crippen LogP contribution < -0.4 is 11.1 Å². The molecule has 1 heterocycles. The van der Waals surface area contributed by atoms with Gasteiger partial charge in [0, 0.05) is 10.6 Å². The van der Waals surface area contributed by atoms with Crippen molar-refractivity contribution in [3.8, 4) is 0 Å². The summed E-state index contributed by atoms with van der Waals surface area (Å²) in [5, 5.41) is 3.42. The van der Waals surface area contributed by atoms with E-state index in [2.05, 4.69) is 10.3 Å². The summed E-state index contributed by atoms with van der Waals surface area (Å²) in [4.78, 5) is 31.8. The molecule has 31 heavy (non-hydrogen) atoms. The summed E-state index contributed by atoms with van der Waals surface area (Å²) in [5.41, 5.74) is 7.95. The summed E-state index contributed by atoms with van der Waals surface area (Å²) < 4.78 is 0. The second kappa shape index (κ2) is 8.35. The van der Waals surface area contributed by atoms with Gasteiger partial charge in [0.05, 0.1) is 24.5 Å². The standard InChI is InChI=1S/C24H27ClN4O2/c1-15(17-6-4-3-5-7-17)27-22(31)18-10-16(11-20(25)12-18)14-29-21(30)13-24(2,19-8-9-19)28-23(29)26/h3-7,10-12,15,19H,8-9,13-14H2,1-2H3,(H2,26,28)(H,27,31). The van der Waals surface area contributed by atoms with Crippen LogP contribution in [0.2, 0.25) is 5.02 Å². The van der Waals surface area contributed by atoms with Crippen LogP contribution >= 0.6 is 11.6 Å². The van der Waals surface area contributed by atoms with Crippen LogP contribution in [-0.4, -0.2) is 28.2 Å². The highest BCUT2D eigenvalue weighted by Crippen LogP contribution is 2.45. The average molecular weight is 439 g/mol. The fourth-order valence-electron chi connectivity index (χ4n) is 4.16. The molecule has 2 amide bonds. The first kappa shape index (κ1) is 21.4. The van der Waals surface area contributed by atoms with Crippen molar-refractivity contribution in [3.63, 3.8) is 0 Å². The Labute approximate surface area is 187 Å². The SMILES string of the molecule is CC(NC(=O)c1cc(Cl)cc(CN2C(=O)CC(C)(C3CC3)N=C2N)c1)c1ccccc1. The molecule has 1 saturated carbocycles. The molecule has 2 aliphatic rings. The summed E-state index contributed by atoms with van der Waals surface area (Å²) in [6.45, 7) is 4.16. The van der Waals surface area contributed by atoms with E-state index in [1.807, 2.05) is 44.2 Å². The molecule has 6 nitrogen and oxygen atoms in total. The van der Waals surface area contributed by atoms with Crippen LogP contribution in [-0.2, 0) is 11.3 Å². The quantitative estimate of drug-likeness (QED) is 0.713. The van der Waals surface area contributed by atoms with Gasteiger partial charge in [-0.3, -0.25) is 14.5 Å². The molecule has 2 aromatic rings. The van der Waals surface area contributed by atoms with E-state index in [4.69, 9.17) is 17.3 Å². The van der Waals surface area contributed by atoms with Gasteiger partial charge in [0.2, 0.25) is 5.91 Å². The number of nitrogens with one attached hydrogen (secondary N) is 1. The van der Waals surface area contributed by atoms with Gasteiger partial charge in [0.15, 0.2) is 5.96 Å². The first-order valence-electron chi connectivity index (χ1n) is 10.6. The van der Waals surface area contributed by atoms with Gasteiger partial charge >= 0.3 is 0 Å². The molecule has 0 bridgehead atoms. The highest BCUT2D eigenvalue weighted by Gasteiger charge is 2.46. The number of carbonyl (C=O) groups excluding carboxylic acids is 2. The van der Waals surface area contributed by atoms with Gasteiger partial charge < -0.3 is 11.1 Å². The maximum atomic E-state index is 12.8. The van der Waals surface area contributed by atoms with Crippen LogP contribution in [0, 0.1) is 5.92 Å². The van der Waals surface area contributed by atoms with Crippen molar-refractivity contribution in [3.05, 3.63) is 70.2 Å². The summed E-state index contributed by atoms with van der Waals surface area (Å²) in [7, 11) is 0. The van der Waals surface area contributed by atoms with Crippen molar-refractivity contribution < 1.29 is 9.59 Å². The second-order valence-corrected chi connectivity index (χ2v) is 9.15. The molecule has 2 aromatic carbocycles. The number of carbonyl (C=O) groups is 2. The zero-order valence-corrected chi connectivity index (χ0v) is 18.5. The third-order valence-corrected chi connectivity index (χ3v) is 6.34. The van der Waals surface area contributed by atoms with Gasteiger partial charge in [0.1, 0.15) is 0 Å².